The van der Waals surface area contributed by atoms with Crippen molar-refractivity contribution in [3.63, 3.8) is 0 Å². The first-order valence-electron chi connectivity index (χ1n) is 6.52. The molecule has 1 saturated carbocycles. The molecule has 0 atom stereocenters. The second-order valence-corrected chi connectivity index (χ2v) is 6.14. The molecular formula is C13H23NO3. The number of ether oxygens (including phenoxy) is 2. The highest BCUT2D eigenvalue weighted by Gasteiger charge is 2.41. The molecule has 17 heavy (non-hydrogen) atoms. The third-order valence-corrected chi connectivity index (χ3v) is 3.41. The first kappa shape index (κ1) is 12.7. The summed E-state index contributed by atoms with van der Waals surface area (Å²) >= 11 is 0. The van der Waals surface area contributed by atoms with Crippen LogP contribution in [0.2, 0.25) is 0 Å². The van der Waals surface area contributed by atoms with Crippen molar-refractivity contribution in [1.82, 2.24) is 4.90 Å². The first-order chi connectivity index (χ1) is 7.90. The van der Waals surface area contributed by atoms with Gasteiger partial charge in [-0.25, -0.2) is 4.79 Å². The molecular weight excluding hydrogens is 218 g/mol. The van der Waals surface area contributed by atoms with E-state index in [1.54, 1.807) is 4.90 Å². The lowest BCUT2D eigenvalue weighted by Crippen LogP contribution is -2.53. The van der Waals surface area contributed by atoms with Gasteiger partial charge < -0.3 is 14.4 Å². The SMILES string of the molecule is CC(C)(C)OC(=O)N1CCOC2(CCCC2)C1. The van der Waals surface area contributed by atoms with E-state index in [2.05, 4.69) is 0 Å². The Morgan fingerprint density at radius 2 is 1.94 bits per heavy atom. The molecule has 1 amide bonds. The molecule has 1 spiro atoms. The Kier molecular flexibility index (Phi) is 3.34. The number of hydrogen-bond acceptors (Lipinski definition) is 3. The van der Waals surface area contributed by atoms with Crippen molar-refractivity contribution in [3.05, 3.63) is 0 Å². The van der Waals surface area contributed by atoms with Crippen LogP contribution < -0.4 is 0 Å². The molecule has 98 valence electrons. The number of hydrogen-bond donors (Lipinski definition) is 0. The number of nitrogens with zero attached hydrogens (tertiary/aromatic N) is 1. The summed E-state index contributed by atoms with van der Waals surface area (Å²) in [7, 11) is 0. The molecule has 4 heteroatoms. The van der Waals surface area contributed by atoms with Gasteiger partial charge in [-0.15, -0.1) is 0 Å². The molecule has 1 aliphatic heterocycles. The third kappa shape index (κ3) is 3.12. The van der Waals surface area contributed by atoms with E-state index in [4.69, 9.17) is 9.47 Å². The summed E-state index contributed by atoms with van der Waals surface area (Å²) in [5.74, 6) is 0. The molecule has 0 bridgehead atoms. The standard InChI is InChI=1S/C13H23NO3/c1-12(2,3)17-11(15)14-8-9-16-13(10-14)6-4-5-7-13/h4-10H2,1-3H3. The molecule has 0 aromatic carbocycles. The topological polar surface area (TPSA) is 38.8 Å². The zero-order valence-corrected chi connectivity index (χ0v) is 11.1. The quantitative estimate of drug-likeness (QED) is 0.654. The van der Waals surface area contributed by atoms with E-state index in [9.17, 15) is 4.79 Å². The number of carbonyl (C=O) groups is 1. The average Bonchev–Trinajstić information content (AvgIpc) is 2.64. The Morgan fingerprint density at radius 1 is 1.29 bits per heavy atom. The Hall–Kier alpha value is -0.770. The van der Waals surface area contributed by atoms with Gasteiger partial charge in [0, 0.05) is 6.54 Å². The van der Waals surface area contributed by atoms with Gasteiger partial charge in [0.15, 0.2) is 0 Å². The second kappa shape index (κ2) is 4.48. The minimum absolute atomic E-state index is 0.0743. The molecule has 4 nitrogen and oxygen atoms in total. The smallest absolute Gasteiger partial charge is 0.410 e. The predicted molar refractivity (Wildman–Crippen MR) is 65.0 cm³/mol. The Bertz CT molecular complexity index is 290. The molecule has 2 rings (SSSR count). The lowest BCUT2D eigenvalue weighted by atomic mass is 10.00. The second-order valence-electron chi connectivity index (χ2n) is 6.14. The van der Waals surface area contributed by atoms with Crippen LogP contribution in [0.1, 0.15) is 46.5 Å². The Morgan fingerprint density at radius 3 is 2.53 bits per heavy atom. The van der Waals surface area contributed by atoms with E-state index < -0.39 is 5.60 Å². The van der Waals surface area contributed by atoms with Gasteiger partial charge in [-0.1, -0.05) is 12.8 Å². The fraction of sp³-hybridized carbons (Fsp3) is 0.923. The fourth-order valence-corrected chi connectivity index (χ4v) is 2.65. The van der Waals surface area contributed by atoms with Gasteiger partial charge in [-0.05, 0) is 33.6 Å². The van der Waals surface area contributed by atoms with Crippen molar-refractivity contribution in [3.8, 4) is 0 Å². The number of morpholine rings is 1. The minimum atomic E-state index is -0.418. The van der Waals surface area contributed by atoms with Gasteiger partial charge in [0.25, 0.3) is 0 Å². The maximum atomic E-state index is 12.0. The summed E-state index contributed by atoms with van der Waals surface area (Å²) in [6.07, 6.45) is 4.37. The molecule has 2 fully saturated rings. The van der Waals surface area contributed by atoms with E-state index in [0.717, 1.165) is 12.8 Å². The zero-order chi connectivity index (χ0) is 12.5. The van der Waals surface area contributed by atoms with Crippen LogP contribution in [-0.2, 0) is 9.47 Å². The lowest BCUT2D eigenvalue weighted by Gasteiger charge is -2.40. The lowest BCUT2D eigenvalue weighted by molar-refractivity contribution is -0.104. The van der Waals surface area contributed by atoms with Crippen LogP contribution in [0.4, 0.5) is 4.79 Å². The molecule has 1 aliphatic carbocycles. The average molecular weight is 241 g/mol. The fourth-order valence-electron chi connectivity index (χ4n) is 2.65. The molecule has 0 aromatic heterocycles. The van der Waals surface area contributed by atoms with Crippen LogP contribution in [0.3, 0.4) is 0 Å². The van der Waals surface area contributed by atoms with Gasteiger partial charge in [0.05, 0.1) is 18.8 Å². The molecule has 0 radical (unpaired) electrons. The third-order valence-electron chi connectivity index (χ3n) is 3.41. The van der Waals surface area contributed by atoms with Crippen molar-refractivity contribution in [2.75, 3.05) is 19.7 Å². The van der Waals surface area contributed by atoms with Crippen LogP contribution in [0.5, 0.6) is 0 Å². The summed E-state index contributed by atoms with van der Waals surface area (Å²) in [4.78, 5) is 13.8. The van der Waals surface area contributed by atoms with E-state index in [-0.39, 0.29) is 11.7 Å². The van der Waals surface area contributed by atoms with Gasteiger partial charge in [-0.3, -0.25) is 0 Å². The summed E-state index contributed by atoms with van der Waals surface area (Å²) < 4.78 is 11.3. The number of rotatable bonds is 0. The Balaban J connectivity index is 1.95. The van der Waals surface area contributed by atoms with E-state index in [1.807, 2.05) is 20.8 Å². The summed E-state index contributed by atoms with van der Waals surface area (Å²) in [6.45, 7) is 7.68. The molecule has 0 N–H and O–H groups in total. The monoisotopic (exact) mass is 241 g/mol. The molecule has 2 aliphatic rings. The highest BCUT2D eigenvalue weighted by atomic mass is 16.6. The normalized spacial score (nSPS) is 24.1. The van der Waals surface area contributed by atoms with Crippen LogP contribution in [0.15, 0.2) is 0 Å². The van der Waals surface area contributed by atoms with Crippen molar-refractivity contribution < 1.29 is 14.3 Å². The maximum Gasteiger partial charge on any atom is 0.410 e. The van der Waals surface area contributed by atoms with Gasteiger partial charge >= 0.3 is 6.09 Å². The van der Waals surface area contributed by atoms with Crippen LogP contribution in [0.25, 0.3) is 0 Å². The van der Waals surface area contributed by atoms with E-state index >= 15 is 0 Å². The summed E-state index contributed by atoms with van der Waals surface area (Å²) in [5.41, 5.74) is -0.493. The van der Waals surface area contributed by atoms with Gasteiger partial charge in [0.2, 0.25) is 0 Å². The number of amides is 1. The number of carbonyl (C=O) groups excluding carboxylic acids is 1. The molecule has 1 heterocycles. The van der Waals surface area contributed by atoms with Gasteiger partial charge in [-0.2, -0.15) is 0 Å². The van der Waals surface area contributed by atoms with Crippen molar-refractivity contribution >= 4 is 6.09 Å². The molecule has 0 aromatic rings. The zero-order valence-electron chi connectivity index (χ0n) is 11.1. The summed E-state index contributed by atoms with van der Waals surface area (Å²) in [6, 6.07) is 0. The first-order valence-corrected chi connectivity index (χ1v) is 6.52. The highest BCUT2D eigenvalue weighted by molar-refractivity contribution is 5.68. The molecule has 1 saturated heterocycles. The van der Waals surface area contributed by atoms with E-state index in [1.165, 1.54) is 12.8 Å². The van der Waals surface area contributed by atoms with E-state index in [0.29, 0.717) is 19.7 Å². The van der Waals surface area contributed by atoms with Crippen molar-refractivity contribution in [1.29, 1.82) is 0 Å². The van der Waals surface area contributed by atoms with Crippen LogP contribution in [-0.4, -0.2) is 41.9 Å². The Labute approximate surface area is 103 Å². The maximum absolute atomic E-state index is 12.0. The van der Waals surface area contributed by atoms with Crippen molar-refractivity contribution in [2.24, 2.45) is 0 Å². The molecule has 0 unspecified atom stereocenters. The van der Waals surface area contributed by atoms with Gasteiger partial charge in [0.1, 0.15) is 5.60 Å². The highest BCUT2D eigenvalue weighted by Crippen LogP contribution is 2.36. The minimum Gasteiger partial charge on any atom is -0.444 e. The summed E-state index contributed by atoms with van der Waals surface area (Å²) in [5, 5.41) is 0. The predicted octanol–water partition coefficient (Wildman–Crippen LogP) is 2.57. The van der Waals surface area contributed by atoms with Crippen molar-refractivity contribution in [2.45, 2.75) is 57.7 Å². The largest absolute Gasteiger partial charge is 0.444 e. The van der Waals surface area contributed by atoms with Crippen LogP contribution >= 0.6 is 0 Å². The van der Waals surface area contributed by atoms with Crippen LogP contribution in [0, 0.1) is 0 Å².